The molecule has 656 valence electrons. The summed E-state index contributed by atoms with van der Waals surface area (Å²) in [6, 6.07) is 21.1. The van der Waals surface area contributed by atoms with E-state index in [1.807, 2.05) is 48.5 Å². The van der Waals surface area contributed by atoms with Crippen molar-refractivity contribution >= 4 is 213 Å². The highest BCUT2D eigenvalue weighted by Gasteiger charge is 2.41. The van der Waals surface area contributed by atoms with Gasteiger partial charge in [-0.25, -0.2) is 66.3 Å². The molecule has 0 radical (unpaired) electrons. The Kier molecular flexibility index (Phi) is 45.6. The lowest BCUT2D eigenvalue weighted by Crippen LogP contribution is -2.50. The van der Waals surface area contributed by atoms with Crippen LogP contribution < -0.4 is 27.2 Å². The van der Waals surface area contributed by atoms with Crippen molar-refractivity contribution in [3.05, 3.63) is 257 Å². The molecule has 0 fully saturated rings. The van der Waals surface area contributed by atoms with E-state index in [-0.39, 0.29) is 72.1 Å². The fourth-order valence-electron chi connectivity index (χ4n) is 11.9. The van der Waals surface area contributed by atoms with Crippen molar-refractivity contribution in [2.24, 2.45) is 21.5 Å². The Hall–Kier alpha value is -4.29. The number of nitrogens with zero attached hydrogens (tertiary/aromatic N) is 2. The monoisotopic (exact) mass is 2230 g/mol. The van der Waals surface area contributed by atoms with Crippen LogP contribution in [-0.4, -0.2) is 70.8 Å². The smallest absolute Gasteiger partial charge is 0.413 e. The summed E-state index contributed by atoms with van der Waals surface area (Å²) in [4.78, 5) is 20.6. The van der Waals surface area contributed by atoms with Gasteiger partial charge in [0.25, 0.3) is 0 Å². The Balaban J connectivity index is 0.000000476. The Labute approximate surface area is 767 Å². The SMILES string of the molecule is C/C(=C\CSC(=N)N)c1cc(Br)c(F)cc1F.C=CC(C)(O)c1cc(Br)c(F)c([Si](CC)(CC)CC)c1F.C=CC(C)(O)c1cc(Br)c(F)cc1F.CC(C)(C)OC(=O)NC1=NC(C)(c2cc(Br)c(F)cc2F)CCS1.CC1(c2cc(Br)c(F)cc2F)CCSC(N)=N1.CC[Si](CC)(CC)c1c(F)ccc(Br)c1F.Cl.Fc1ccc(Br)c(F)c1. The molecule has 7 aromatic rings. The van der Waals surface area contributed by atoms with Crippen LogP contribution in [0.3, 0.4) is 0 Å². The van der Waals surface area contributed by atoms with Crippen LogP contribution in [0.25, 0.3) is 5.57 Å². The van der Waals surface area contributed by atoms with E-state index in [1.165, 1.54) is 104 Å². The van der Waals surface area contributed by atoms with E-state index in [2.05, 4.69) is 140 Å². The van der Waals surface area contributed by atoms with Gasteiger partial charge in [0.2, 0.25) is 0 Å². The summed E-state index contributed by atoms with van der Waals surface area (Å²) in [6.07, 6.45) is 4.83. The average Bonchev–Trinajstić information content (AvgIpc) is 0.775. The number of thioether (sulfide) groups is 3. The maximum atomic E-state index is 15.0. The minimum Gasteiger partial charge on any atom is -0.444 e. The second-order valence-electron chi connectivity index (χ2n) is 28.4. The number of rotatable bonds is 17. The Morgan fingerprint density at radius 3 is 1.39 bits per heavy atom. The summed E-state index contributed by atoms with van der Waals surface area (Å²) in [6.45, 7) is 32.4. The summed E-state index contributed by atoms with van der Waals surface area (Å²) < 4.78 is 196. The van der Waals surface area contributed by atoms with Crippen LogP contribution in [0.5, 0.6) is 0 Å². The molecule has 0 aliphatic carbocycles. The Morgan fingerprint density at radius 2 is 0.950 bits per heavy atom. The standard InChI is InChI=1S/C16H19BrF2N2O2S.C16H23BrF2OSi.C12H17BrF2Si.2C11H11BrF2N2S.C10H9BrF2O.C6H3BrF2.ClH/c1-15(2,3)23-14(22)20-13-21-16(4,5-6-24-13)9-7-10(17)12(19)8-11(9)18;1-6-16(5,20)11-10-12(17)14(19)15(13(11)18)21(7-2,8-3)9-4;1-4-16(5-2,6-3)12-10(14)8-7-9(13)11(12)15;1-11(2-3-17-10(15)16-11)6-4-7(12)9(14)5-8(6)13;1-6(2-3-17-11(15)16)7-4-8(12)10(14)5-9(7)13;1-3-10(2,14)6-4-7(11)9(13)5-8(6)12;7-5-2-1-4(8)3-6(5)9;/h7-8H,5-6H2,1-4H3,(H,20,21,22);6,10,20H,1,7-9H2,2-5H3;7-8H,4-6H2,1-3H3;4-5H,2-3H2,1H3,(H2,15,16);2,4-5H,3H2,1H3,(H3,15,16);3-5,14H,1H2,2H3;1-3H;1H/b;;;;6-2+;;;. The third-order valence-corrected chi connectivity index (χ3v) is 37.0. The van der Waals surface area contributed by atoms with Gasteiger partial charge < -0.3 is 26.4 Å². The van der Waals surface area contributed by atoms with E-state index in [0.717, 1.165) is 84.1 Å². The van der Waals surface area contributed by atoms with Gasteiger partial charge in [0.15, 0.2) is 15.5 Å². The van der Waals surface area contributed by atoms with Gasteiger partial charge in [0.1, 0.15) is 98.2 Å². The zero-order chi connectivity index (χ0) is 90.3. The van der Waals surface area contributed by atoms with E-state index in [0.29, 0.717) is 61.0 Å². The minimum atomic E-state index is -2.26. The van der Waals surface area contributed by atoms with Crippen LogP contribution in [0.15, 0.2) is 158 Å². The van der Waals surface area contributed by atoms with Crippen LogP contribution >= 0.6 is 159 Å². The molecule has 7 aromatic carbocycles. The first kappa shape index (κ1) is 111. The molecule has 9 rings (SSSR count). The maximum Gasteiger partial charge on any atom is 0.413 e. The number of alkyl carbamates (subject to hydrolysis) is 1. The van der Waals surface area contributed by atoms with Crippen LogP contribution in [0.4, 0.5) is 66.3 Å². The zero-order valence-corrected chi connectivity index (χ0v) is 83.7. The van der Waals surface area contributed by atoms with Gasteiger partial charge in [-0.3, -0.25) is 20.7 Å². The molecule has 2 heterocycles. The number of carbonyl (C=O) groups excluding carboxylic acids is 1. The molecule has 0 saturated carbocycles. The summed E-state index contributed by atoms with van der Waals surface area (Å²) in [7, 11) is -4.26. The quantitative estimate of drug-likeness (QED) is 0.0129. The predicted octanol–water partition coefficient (Wildman–Crippen LogP) is 27.7. The van der Waals surface area contributed by atoms with Crippen molar-refractivity contribution in [1.29, 1.82) is 5.41 Å². The number of aliphatic imine (C=N–C) groups is 2. The summed E-state index contributed by atoms with van der Waals surface area (Å²) in [5.74, 6) is -6.39. The number of amides is 1. The summed E-state index contributed by atoms with van der Waals surface area (Å²) in [5, 5.41) is 31.0. The van der Waals surface area contributed by atoms with Gasteiger partial charge in [-0.05, 0) is 240 Å². The van der Waals surface area contributed by atoms with E-state index in [4.69, 9.17) is 21.6 Å². The van der Waals surface area contributed by atoms with Gasteiger partial charge in [-0.15, -0.1) is 12.4 Å². The van der Waals surface area contributed by atoms with Crippen LogP contribution in [0.1, 0.15) is 138 Å². The van der Waals surface area contributed by atoms with Crippen molar-refractivity contribution in [2.45, 2.75) is 174 Å². The molecule has 37 heteroatoms. The lowest BCUT2D eigenvalue weighted by Gasteiger charge is -2.32. The molecular formula is C82H94Br7ClF14N6O4S3Si2. The molecule has 0 bridgehead atoms. The van der Waals surface area contributed by atoms with Gasteiger partial charge in [-0.1, -0.05) is 144 Å². The predicted molar refractivity (Wildman–Crippen MR) is 494 cm³/mol. The van der Waals surface area contributed by atoms with Crippen molar-refractivity contribution in [3.63, 3.8) is 0 Å². The lowest BCUT2D eigenvalue weighted by molar-refractivity contribution is 0.0563. The molecule has 2 aliphatic heterocycles. The first-order valence-electron chi connectivity index (χ1n) is 36.2. The van der Waals surface area contributed by atoms with E-state index in [1.54, 1.807) is 40.7 Å². The number of carbonyl (C=O) groups is 1. The third-order valence-electron chi connectivity index (χ3n) is 19.3. The van der Waals surface area contributed by atoms with Crippen LogP contribution in [-0.2, 0) is 27.0 Å². The van der Waals surface area contributed by atoms with Crippen molar-refractivity contribution < 1.29 is 81.2 Å². The minimum absolute atomic E-state index is 0. The first-order chi connectivity index (χ1) is 54.6. The fraction of sp³-hybridized carbons (Fsp3) is 0.366. The van der Waals surface area contributed by atoms with Crippen LogP contribution in [0, 0.1) is 86.9 Å². The highest BCUT2D eigenvalue weighted by Crippen LogP contribution is 2.42. The molecule has 1 amide bonds. The Morgan fingerprint density at radius 1 is 0.546 bits per heavy atom. The van der Waals surface area contributed by atoms with Gasteiger partial charge in [0.05, 0.1) is 58.5 Å². The van der Waals surface area contributed by atoms with Crippen molar-refractivity contribution in [1.82, 2.24) is 5.32 Å². The number of nitrogens with two attached hydrogens (primary N) is 2. The number of allylic oxidation sites excluding steroid dienone is 1. The average molecular weight is 2240 g/mol. The Bertz CT molecular complexity index is 4810. The van der Waals surface area contributed by atoms with Crippen LogP contribution in [0.2, 0.25) is 36.3 Å². The van der Waals surface area contributed by atoms with E-state index < -0.39 is 126 Å². The molecule has 4 unspecified atom stereocenters. The van der Waals surface area contributed by atoms with Gasteiger partial charge in [0, 0.05) is 85.8 Å². The molecule has 10 nitrogen and oxygen atoms in total. The van der Waals surface area contributed by atoms with E-state index in [9.17, 15) is 72.1 Å². The molecular weight excluding hydrogens is 2150 g/mol. The zero-order valence-electron chi connectivity index (χ0n) is 67.3. The highest BCUT2D eigenvalue weighted by atomic mass is 79.9. The van der Waals surface area contributed by atoms with Gasteiger partial charge >= 0.3 is 6.09 Å². The molecule has 2 aliphatic rings. The summed E-state index contributed by atoms with van der Waals surface area (Å²) >= 11 is 25.2. The molecule has 0 aromatic heterocycles. The number of halogens is 22. The normalized spacial score (nSPS) is 16.2. The number of aliphatic hydroxyl groups is 2. The number of nitrogens with one attached hydrogen (secondary N) is 2. The molecule has 0 spiro atoms. The second-order valence-corrected chi connectivity index (χ2v) is 48.0. The maximum absolute atomic E-state index is 15.0. The molecule has 8 N–H and O–H groups in total. The molecule has 0 saturated heterocycles. The number of hydrogen-bond acceptors (Lipinski definition) is 11. The third kappa shape index (κ3) is 31.4. The number of benzene rings is 7. The molecule has 4 atom stereocenters. The van der Waals surface area contributed by atoms with E-state index >= 15 is 4.39 Å². The van der Waals surface area contributed by atoms with Crippen molar-refractivity contribution in [3.8, 4) is 0 Å². The van der Waals surface area contributed by atoms with Gasteiger partial charge in [-0.2, -0.15) is 0 Å². The fourth-order valence-corrected chi connectivity index (χ4v) is 24.7. The molecule has 119 heavy (non-hydrogen) atoms. The highest BCUT2D eigenvalue weighted by molar-refractivity contribution is 9.11. The summed E-state index contributed by atoms with van der Waals surface area (Å²) in [5.41, 5.74) is 7.32. The number of amidine groups is 3. The largest absolute Gasteiger partial charge is 0.444 e. The second kappa shape index (κ2) is 49.0. The van der Waals surface area contributed by atoms with Crippen molar-refractivity contribution in [2.75, 3.05) is 17.3 Å². The number of hydrogen-bond donors (Lipinski definition) is 6. The topological polar surface area (TPSA) is 179 Å². The number of ether oxygens (including phenoxy) is 1. The lowest BCUT2D eigenvalue weighted by atomic mass is 9.89. The first-order valence-corrected chi connectivity index (χ1v) is 50.0.